The van der Waals surface area contributed by atoms with Crippen LogP contribution in [0.3, 0.4) is 0 Å². The molecule has 0 unspecified atom stereocenters. The van der Waals surface area contributed by atoms with E-state index in [1.54, 1.807) is 24.3 Å². The molecule has 1 aromatic carbocycles. The molecular weight excluding hydrogens is 158 g/mol. The fourth-order valence-electron chi connectivity index (χ4n) is 0.576. The predicted molar refractivity (Wildman–Crippen MR) is 45.6 cm³/mol. The molecule has 0 aliphatic heterocycles. The first-order chi connectivity index (χ1) is 4.79. The maximum absolute atomic E-state index is 8.40. The molecule has 5 heteroatoms. The van der Waals surface area contributed by atoms with Crippen LogP contribution in [0.5, 0.6) is 5.75 Å². The summed E-state index contributed by atoms with van der Waals surface area (Å²) in [6.45, 7) is 0. The normalized spacial score (nSPS) is 9.00. The first-order valence-electron chi connectivity index (χ1n) is 2.70. The molecule has 0 aliphatic rings. The van der Waals surface area contributed by atoms with E-state index < -0.39 is 8.60 Å². The van der Waals surface area contributed by atoms with Crippen molar-refractivity contribution < 1.29 is 14.3 Å². The van der Waals surface area contributed by atoms with Gasteiger partial charge in [0.05, 0.1) is 0 Å². The second-order valence-corrected chi connectivity index (χ2v) is 2.35. The topological polar surface area (TPSA) is 49.7 Å². The molecule has 0 aliphatic carbocycles. The zero-order valence-electron chi connectivity index (χ0n) is 5.14. The van der Waals surface area contributed by atoms with Crippen LogP contribution in [0.1, 0.15) is 0 Å². The van der Waals surface area contributed by atoms with Crippen molar-refractivity contribution >= 4 is 27.5 Å². The zero-order valence-corrected chi connectivity index (χ0v) is 6.03. The summed E-state index contributed by atoms with van der Waals surface area (Å²) >= 11 is 0. The molecule has 0 saturated heterocycles. The van der Waals surface area contributed by atoms with E-state index in [0.29, 0.717) is 5.75 Å². The number of benzene rings is 1. The van der Waals surface area contributed by atoms with Crippen LogP contribution in [0.15, 0.2) is 30.3 Å². The fraction of sp³-hybridized carbons (Fsp3) is 0. The van der Waals surface area contributed by atoms with Crippen molar-refractivity contribution in [2.24, 2.45) is 0 Å². The predicted octanol–water partition coefficient (Wildman–Crippen LogP) is 0.628. The summed E-state index contributed by atoms with van der Waals surface area (Å²) in [5.74, 6) is 0.471. The van der Waals surface area contributed by atoms with E-state index in [-0.39, 0.29) is 18.9 Å². The van der Waals surface area contributed by atoms with Gasteiger partial charge in [0.25, 0.3) is 0 Å². The molecule has 1 aromatic rings. The van der Waals surface area contributed by atoms with Crippen LogP contribution in [0, 0.1) is 0 Å². The number of rotatable bonds is 2. The Morgan fingerprint density at radius 3 is 2.09 bits per heavy atom. The molecule has 2 N–H and O–H groups in total. The third-order valence-electron chi connectivity index (χ3n) is 0.930. The molecule has 0 atom stereocenters. The fourth-order valence-corrected chi connectivity index (χ4v) is 0.886. The first kappa shape index (κ1) is 11.0. The molecule has 0 radical (unpaired) electrons. The molecule has 11 heavy (non-hydrogen) atoms. The Kier molecular flexibility index (Phi) is 5.58. The quantitative estimate of drug-likeness (QED) is 0.500. The van der Waals surface area contributed by atoms with Crippen LogP contribution in [0.25, 0.3) is 0 Å². The standard InChI is InChI=1S/C6H7O3P.Li.H/c7-10(8)9-6-4-2-1-3-5-6;;/h1-5,7-8H;;. The van der Waals surface area contributed by atoms with E-state index in [2.05, 4.69) is 4.52 Å². The van der Waals surface area contributed by atoms with Crippen molar-refractivity contribution in [2.75, 3.05) is 0 Å². The Hall–Kier alpha value is -0.0326. The second-order valence-electron chi connectivity index (χ2n) is 1.66. The molecule has 0 heterocycles. The van der Waals surface area contributed by atoms with E-state index in [9.17, 15) is 0 Å². The molecule has 3 nitrogen and oxygen atoms in total. The number of hydrogen-bond donors (Lipinski definition) is 2. The van der Waals surface area contributed by atoms with E-state index >= 15 is 0 Å². The van der Waals surface area contributed by atoms with Gasteiger partial charge in [0, 0.05) is 0 Å². The number of para-hydroxylation sites is 1. The van der Waals surface area contributed by atoms with Gasteiger partial charge in [-0.3, -0.25) is 0 Å². The molecule has 0 spiro atoms. The van der Waals surface area contributed by atoms with Crippen LogP contribution < -0.4 is 4.52 Å². The zero-order chi connectivity index (χ0) is 7.40. The maximum atomic E-state index is 8.40. The Bertz CT molecular complexity index is 192. The van der Waals surface area contributed by atoms with Gasteiger partial charge in [-0.15, -0.1) is 0 Å². The summed E-state index contributed by atoms with van der Waals surface area (Å²) in [6, 6.07) is 8.65. The molecular formula is C6H8LiO3P. The van der Waals surface area contributed by atoms with Crippen LogP contribution in [0.4, 0.5) is 0 Å². The van der Waals surface area contributed by atoms with Crippen molar-refractivity contribution in [3.05, 3.63) is 30.3 Å². The van der Waals surface area contributed by atoms with Crippen molar-refractivity contribution in [3.8, 4) is 5.75 Å². The molecule has 56 valence electrons. The summed E-state index contributed by atoms with van der Waals surface area (Å²) in [4.78, 5) is 16.8. The van der Waals surface area contributed by atoms with E-state index in [4.69, 9.17) is 9.79 Å². The minimum absolute atomic E-state index is 0. The Balaban J connectivity index is 0.000001000. The van der Waals surface area contributed by atoms with E-state index in [1.807, 2.05) is 6.07 Å². The summed E-state index contributed by atoms with van der Waals surface area (Å²) < 4.78 is 4.59. The average Bonchev–Trinajstić information content (AvgIpc) is 1.88. The van der Waals surface area contributed by atoms with Crippen LogP contribution in [0.2, 0.25) is 0 Å². The first-order valence-corrected chi connectivity index (χ1v) is 3.86. The van der Waals surface area contributed by atoms with Gasteiger partial charge in [0.2, 0.25) is 0 Å². The van der Waals surface area contributed by atoms with Gasteiger partial charge < -0.3 is 14.3 Å². The van der Waals surface area contributed by atoms with Crippen molar-refractivity contribution in [1.29, 1.82) is 0 Å². The van der Waals surface area contributed by atoms with E-state index in [1.165, 1.54) is 0 Å². The third-order valence-corrected chi connectivity index (χ3v) is 1.30. The molecule has 0 bridgehead atoms. The van der Waals surface area contributed by atoms with Crippen molar-refractivity contribution in [2.45, 2.75) is 0 Å². The summed E-state index contributed by atoms with van der Waals surface area (Å²) in [5, 5.41) is 0. The molecule has 0 aromatic heterocycles. The van der Waals surface area contributed by atoms with Gasteiger partial charge >= 0.3 is 27.5 Å². The van der Waals surface area contributed by atoms with Gasteiger partial charge in [-0.25, -0.2) is 0 Å². The molecule has 0 fully saturated rings. The van der Waals surface area contributed by atoms with Gasteiger partial charge in [-0.05, 0) is 12.1 Å². The SMILES string of the molecule is OP(O)Oc1ccccc1.[LiH]. The molecule has 0 amide bonds. The minimum atomic E-state index is -2.28. The van der Waals surface area contributed by atoms with Crippen LogP contribution in [-0.2, 0) is 0 Å². The van der Waals surface area contributed by atoms with Gasteiger partial charge in [0.15, 0.2) is 0 Å². The summed E-state index contributed by atoms with van der Waals surface area (Å²) in [6.07, 6.45) is 0. The van der Waals surface area contributed by atoms with Crippen molar-refractivity contribution in [1.82, 2.24) is 0 Å². The Morgan fingerprint density at radius 1 is 1.09 bits per heavy atom. The summed E-state index contributed by atoms with van der Waals surface area (Å²) in [5.41, 5.74) is 0. The Morgan fingerprint density at radius 2 is 1.64 bits per heavy atom. The summed E-state index contributed by atoms with van der Waals surface area (Å²) in [7, 11) is -2.28. The number of hydrogen-bond acceptors (Lipinski definition) is 3. The monoisotopic (exact) mass is 166 g/mol. The van der Waals surface area contributed by atoms with E-state index in [0.717, 1.165) is 0 Å². The van der Waals surface area contributed by atoms with Crippen LogP contribution >= 0.6 is 8.60 Å². The van der Waals surface area contributed by atoms with Gasteiger partial charge in [-0.1, -0.05) is 18.2 Å². The average molecular weight is 166 g/mol. The second kappa shape index (κ2) is 5.60. The van der Waals surface area contributed by atoms with Crippen LogP contribution in [-0.4, -0.2) is 28.6 Å². The third kappa shape index (κ3) is 4.42. The Labute approximate surface area is 78.2 Å². The molecule has 1 rings (SSSR count). The van der Waals surface area contributed by atoms with Gasteiger partial charge in [0.1, 0.15) is 5.75 Å². The molecule has 0 saturated carbocycles. The van der Waals surface area contributed by atoms with Gasteiger partial charge in [-0.2, -0.15) is 0 Å². The van der Waals surface area contributed by atoms with Crippen molar-refractivity contribution in [3.63, 3.8) is 0 Å².